The fraction of sp³-hybridized carbons (Fsp3) is 0.158. The largest absolute Gasteiger partial charge is 0.309 e. The Morgan fingerprint density at radius 1 is 0.500 bits per heavy atom. The minimum Gasteiger partial charge on any atom is -0.309 e. The van der Waals surface area contributed by atoms with E-state index in [9.17, 15) is 9.59 Å². The van der Waals surface area contributed by atoms with Gasteiger partial charge in [0, 0.05) is 21.9 Å². The van der Waals surface area contributed by atoms with Gasteiger partial charge in [0.25, 0.3) is 11.8 Å². The van der Waals surface area contributed by atoms with Gasteiger partial charge in [-0.2, -0.15) is 0 Å². The van der Waals surface area contributed by atoms with Crippen LogP contribution in [0.4, 0.5) is 22.7 Å². The van der Waals surface area contributed by atoms with Crippen LogP contribution in [0, 0.1) is 0 Å². The van der Waals surface area contributed by atoms with Crippen molar-refractivity contribution < 1.29 is 9.59 Å². The molecule has 2 heterocycles. The Balaban J connectivity index is 1.47. The highest BCUT2D eigenvalue weighted by Gasteiger charge is 2.38. The number of amides is 2. The summed E-state index contributed by atoms with van der Waals surface area (Å²) in [6.45, 7) is 8.42. The molecule has 2 amide bonds. The van der Waals surface area contributed by atoms with Crippen molar-refractivity contribution in [3.8, 4) is 0 Å². The fourth-order valence-electron chi connectivity index (χ4n) is 6.48. The second-order valence-corrected chi connectivity index (χ2v) is 11.7. The van der Waals surface area contributed by atoms with Crippen molar-refractivity contribution in [2.24, 2.45) is 0 Å². The van der Waals surface area contributed by atoms with Crippen molar-refractivity contribution in [2.45, 2.75) is 39.5 Å². The molecular weight excluding hydrogens is 516 g/mol. The number of rotatable bonds is 4. The molecule has 0 saturated heterocycles. The van der Waals surface area contributed by atoms with Crippen LogP contribution in [-0.4, -0.2) is 11.8 Å². The molecule has 4 heteroatoms. The molecule has 0 aromatic heterocycles. The summed E-state index contributed by atoms with van der Waals surface area (Å²) >= 11 is 0. The Kier molecular flexibility index (Phi) is 6.09. The third kappa shape index (κ3) is 3.82. The number of nitrogens with zero attached hydrogens (tertiary/aromatic N) is 2. The summed E-state index contributed by atoms with van der Waals surface area (Å²) in [6.07, 6.45) is 4.28. The van der Waals surface area contributed by atoms with E-state index < -0.39 is 0 Å². The highest BCUT2D eigenvalue weighted by atomic mass is 16.2. The molecule has 2 aliphatic heterocycles. The lowest BCUT2D eigenvalue weighted by Crippen LogP contribution is -2.41. The third-order valence-electron chi connectivity index (χ3n) is 8.49. The highest BCUT2D eigenvalue weighted by Crippen LogP contribution is 2.47. The van der Waals surface area contributed by atoms with E-state index >= 15 is 0 Å². The summed E-state index contributed by atoms with van der Waals surface area (Å²) < 4.78 is 0. The van der Waals surface area contributed by atoms with Gasteiger partial charge in [-0.15, -0.1) is 0 Å². The molecule has 0 aliphatic carbocycles. The number of fused-ring (bicyclic) bond motifs is 2. The molecule has 206 valence electrons. The van der Waals surface area contributed by atoms with Crippen LogP contribution in [0.1, 0.15) is 82.5 Å². The lowest BCUT2D eigenvalue weighted by molar-refractivity contribution is 0.0893. The Hall–Kier alpha value is -4.96. The summed E-state index contributed by atoms with van der Waals surface area (Å²) in [4.78, 5) is 32.5. The van der Waals surface area contributed by atoms with Gasteiger partial charge < -0.3 is 4.90 Å². The molecule has 0 N–H and O–H groups in total. The van der Waals surface area contributed by atoms with Gasteiger partial charge in [0.1, 0.15) is 0 Å². The molecule has 2 aliphatic rings. The third-order valence-corrected chi connectivity index (χ3v) is 8.49. The Morgan fingerprint density at radius 3 is 1.60 bits per heavy atom. The molecule has 5 aromatic carbocycles. The van der Waals surface area contributed by atoms with Crippen LogP contribution in [0.2, 0.25) is 0 Å². The van der Waals surface area contributed by atoms with E-state index in [0.29, 0.717) is 16.5 Å². The summed E-state index contributed by atoms with van der Waals surface area (Å²) in [5.41, 5.74) is 9.03. The zero-order valence-corrected chi connectivity index (χ0v) is 24.3. The van der Waals surface area contributed by atoms with E-state index in [0.717, 1.165) is 50.4 Å². The van der Waals surface area contributed by atoms with Crippen molar-refractivity contribution in [2.75, 3.05) is 9.80 Å². The van der Waals surface area contributed by atoms with Crippen molar-refractivity contribution in [3.05, 3.63) is 130 Å². The quantitative estimate of drug-likeness (QED) is 0.206. The Bertz CT molecular complexity index is 1850. The lowest BCUT2D eigenvalue weighted by Gasteiger charge is -2.34. The van der Waals surface area contributed by atoms with E-state index in [1.165, 1.54) is 4.90 Å². The van der Waals surface area contributed by atoms with Gasteiger partial charge in [0.05, 0.1) is 22.7 Å². The van der Waals surface area contributed by atoms with Gasteiger partial charge in [0.15, 0.2) is 0 Å². The van der Waals surface area contributed by atoms with Crippen LogP contribution in [0.5, 0.6) is 0 Å². The van der Waals surface area contributed by atoms with E-state index in [1.54, 1.807) is 0 Å². The normalized spacial score (nSPS) is 14.0. The maximum atomic E-state index is 14.4. The first kappa shape index (κ1) is 26.0. The number of hydrogen-bond acceptors (Lipinski definition) is 3. The maximum Gasteiger partial charge on any atom is 0.266 e. The Morgan fingerprint density at radius 2 is 1.02 bits per heavy atom. The second kappa shape index (κ2) is 9.85. The molecule has 0 bridgehead atoms. The van der Waals surface area contributed by atoms with Crippen molar-refractivity contribution in [1.82, 2.24) is 0 Å². The topological polar surface area (TPSA) is 40.6 Å². The van der Waals surface area contributed by atoms with Crippen LogP contribution in [0.15, 0.2) is 97.1 Å². The molecule has 0 saturated carbocycles. The van der Waals surface area contributed by atoms with E-state index in [-0.39, 0.29) is 23.7 Å². The predicted octanol–water partition coefficient (Wildman–Crippen LogP) is 9.84. The second-order valence-electron chi connectivity index (χ2n) is 11.7. The van der Waals surface area contributed by atoms with Crippen molar-refractivity contribution >= 4 is 57.5 Å². The number of benzene rings is 5. The van der Waals surface area contributed by atoms with Gasteiger partial charge in [-0.25, -0.2) is 4.90 Å². The molecule has 0 atom stereocenters. The van der Waals surface area contributed by atoms with Gasteiger partial charge in [-0.1, -0.05) is 107 Å². The minimum absolute atomic E-state index is 0.149. The van der Waals surface area contributed by atoms with Gasteiger partial charge in [-0.3, -0.25) is 9.59 Å². The summed E-state index contributed by atoms with van der Waals surface area (Å²) in [6, 6.07) is 32.5. The zero-order valence-electron chi connectivity index (χ0n) is 24.3. The first-order valence-electron chi connectivity index (χ1n) is 14.6. The zero-order chi connectivity index (χ0) is 29.1. The molecule has 5 aromatic rings. The molecule has 0 fully saturated rings. The molecule has 7 rings (SSSR count). The number of carbonyl (C=O) groups excluding carboxylic acids is 2. The van der Waals surface area contributed by atoms with Crippen LogP contribution >= 0.6 is 0 Å². The SMILES string of the molecule is CC(C)c1cccc(C(C)C)c1N1C(=O)c2cccc3c(N4c5ccccc5C=Cc5ccccc54)ccc(c23)C1=O. The number of para-hydroxylation sites is 3. The number of imide groups is 1. The van der Waals surface area contributed by atoms with Crippen molar-refractivity contribution in [1.29, 1.82) is 0 Å². The molecule has 0 radical (unpaired) electrons. The van der Waals surface area contributed by atoms with Crippen LogP contribution in [-0.2, 0) is 0 Å². The highest BCUT2D eigenvalue weighted by molar-refractivity contribution is 6.37. The summed E-state index contributed by atoms with van der Waals surface area (Å²) in [7, 11) is 0. The molecule has 0 spiro atoms. The summed E-state index contributed by atoms with van der Waals surface area (Å²) in [5.74, 6) is -0.251. The van der Waals surface area contributed by atoms with Crippen molar-refractivity contribution in [3.63, 3.8) is 0 Å². The fourth-order valence-corrected chi connectivity index (χ4v) is 6.48. The average molecular weight is 549 g/mol. The minimum atomic E-state index is -0.274. The van der Waals surface area contributed by atoms with Crippen LogP contribution < -0.4 is 9.80 Å². The number of anilines is 4. The smallest absolute Gasteiger partial charge is 0.266 e. The molecule has 4 nitrogen and oxygen atoms in total. The monoisotopic (exact) mass is 548 g/mol. The van der Waals surface area contributed by atoms with E-state index in [2.05, 4.69) is 69.0 Å². The van der Waals surface area contributed by atoms with E-state index in [4.69, 9.17) is 0 Å². The number of hydrogen-bond donors (Lipinski definition) is 0. The average Bonchev–Trinajstić information content (AvgIpc) is 3.16. The van der Waals surface area contributed by atoms with Gasteiger partial charge in [-0.05, 0) is 64.4 Å². The van der Waals surface area contributed by atoms with Gasteiger partial charge in [0.2, 0.25) is 0 Å². The standard InChI is InChI=1S/C38H32N2O2/c1-23(2)27-13-9-14-28(24(3)4)36(27)40-37(41)30-16-10-15-29-34(22-21-31(35(29)30)38(40)42)39-32-17-7-5-11-25(32)19-20-26-12-6-8-18-33(26)39/h5-24H,1-4H3. The molecule has 42 heavy (non-hydrogen) atoms. The lowest BCUT2D eigenvalue weighted by atomic mass is 9.88. The first-order chi connectivity index (χ1) is 20.4. The van der Waals surface area contributed by atoms with Crippen LogP contribution in [0.3, 0.4) is 0 Å². The van der Waals surface area contributed by atoms with Crippen LogP contribution in [0.25, 0.3) is 22.9 Å². The maximum absolute atomic E-state index is 14.4. The number of carbonyl (C=O) groups is 2. The van der Waals surface area contributed by atoms with Gasteiger partial charge >= 0.3 is 0 Å². The summed E-state index contributed by atoms with van der Waals surface area (Å²) in [5, 5.41) is 1.58. The predicted molar refractivity (Wildman–Crippen MR) is 173 cm³/mol. The Labute approximate surface area is 246 Å². The molecule has 0 unspecified atom stereocenters. The van der Waals surface area contributed by atoms with E-state index in [1.807, 2.05) is 72.8 Å². The molecular formula is C38H32N2O2. The first-order valence-corrected chi connectivity index (χ1v) is 14.6.